The Bertz CT molecular complexity index is 336. The summed E-state index contributed by atoms with van der Waals surface area (Å²) in [6, 6.07) is 7.63. The molecule has 2 N–H and O–H groups in total. The summed E-state index contributed by atoms with van der Waals surface area (Å²) in [6.45, 7) is 0. The zero-order valence-corrected chi connectivity index (χ0v) is 7.78. The Morgan fingerprint density at radius 3 is 2.67 bits per heavy atom. The average molecular weight is 200 g/mol. The van der Waals surface area contributed by atoms with Crippen LogP contribution >= 0.6 is 23.2 Å². The Hall–Kier alpha value is -0.840. The highest BCUT2D eigenvalue weighted by Crippen LogP contribution is 2.20. The lowest BCUT2D eigenvalue weighted by atomic mass is 10.2. The number of halogens is 2. The Morgan fingerprint density at radius 1 is 1.33 bits per heavy atom. The molecule has 62 valence electrons. The van der Waals surface area contributed by atoms with E-state index in [1.165, 1.54) is 0 Å². The molecular weight excluding hydrogens is 193 g/mol. The van der Waals surface area contributed by atoms with Crippen molar-refractivity contribution in [3.63, 3.8) is 0 Å². The van der Waals surface area contributed by atoms with E-state index in [0.29, 0.717) is 16.5 Å². The fourth-order valence-electron chi connectivity index (χ4n) is 0.811. The summed E-state index contributed by atoms with van der Waals surface area (Å²) in [7, 11) is 0. The van der Waals surface area contributed by atoms with Crippen LogP contribution in [0.25, 0.3) is 0 Å². The maximum Gasteiger partial charge on any atom is 0.0462 e. The van der Waals surface area contributed by atoms with Crippen molar-refractivity contribution >= 4 is 23.2 Å². The first-order valence-electron chi connectivity index (χ1n) is 3.36. The molecule has 1 aromatic rings. The summed E-state index contributed by atoms with van der Waals surface area (Å²) in [6.07, 6.45) is 0.562. The van der Waals surface area contributed by atoms with Crippen LogP contribution in [0.2, 0.25) is 10.0 Å². The van der Waals surface area contributed by atoms with Gasteiger partial charge in [0, 0.05) is 22.5 Å². The maximum absolute atomic E-state index is 5.87. The molecular formula is C9H7Cl2N. The summed E-state index contributed by atoms with van der Waals surface area (Å²) in [5.74, 6) is 2.73. The van der Waals surface area contributed by atoms with E-state index in [0.717, 1.165) is 5.56 Å². The molecule has 0 fully saturated rings. The van der Waals surface area contributed by atoms with Crippen LogP contribution in [0.4, 0.5) is 0 Å². The summed E-state index contributed by atoms with van der Waals surface area (Å²) in [5.41, 5.74) is 5.97. The largest absolute Gasteiger partial charge is 0.359 e. The van der Waals surface area contributed by atoms with Crippen molar-refractivity contribution in [2.45, 2.75) is 6.42 Å². The maximum atomic E-state index is 5.87. The monoisotopic (exact) mass is 199 g/mol. The van der Waals surface area contributed by atoms with E-state index in [9.17, 15) is 0 Å². The van der Waals surface area contributed by atoms with Crippen molar-refractivity contribution in [2.75, 3.05) is 0 Å². The lowest BCUT2D eigenvalue weighted by Gasteiger charge is -1.98. The molecule has 0 radical (unpaired) electrons. The first kappa shape index (κ1) is 9.25. The van der Waals surface area contributed by atoms with Crippen LogP contribution in [0.1, 0.15) is 5.56 Å². The minimum absolute atomic E-state index is 0.562. The number of hydrogen-bond donors (Lipinski definition) is 1. The van der Waals surface area contributed by atoms with Gasteiger partial charge in [-0.1, -0.05) is 35.2 Å². The van der Waals surface area contributed by atoms with Gasteiger partial charge in [0.1, 0.15) is 0 Å². The molecule has 0 saturated carbocycles. The van der Waals surface area contributed by atoms with E-state index < -0.39 is 0 Å². The molecule has 0 saturated heterocycles. The number of nitrogens with two attached hydrogens (primary N) is 1. The van der Waals surface area contributed by atoms with Crippen LogP contribution in [0.3, 0.4) is 0 Å². The fourth-order valence-corrected chi connectivity index (χ4v) is 1.29. The Kier molecular flexibility index (Phi) is 3.28. The molecule has 0 aliphatic rings. The smallest absolute Gasteiger partial charge is 0.0462 e. The zero-order valence-electron chi connectivity index (χ0n) is 6.27. The third kappa shape index (κ3) is 2.34. The van der Waals surface area contributed by atoms with E-state index in [4.69, 9.17) is 28.9 Å². The molecule has 0 aliphatic heterocycles. The van der Waals surface area contributed by atoms with Crippen molar-refractivity contribution in [1.82, 2.24) is 0 Å². The second-order valence-electron chi connectivity index (χ2n) is 2.23. The van der Waals surface area contributed by atoms with Gasteiger partial charge in [-0.2, -0.15) is 0 Å². The molecule has 12 heavy (non-hydrogen) atoms. The highest BCUT2D eigenvalue weighted by molar-refractivity contribution is 6.35. The van der Waals surface area contributed by atoms with Gasteiger partial charge in [0.25, 0.3) is 0 Å². The van der Waals surface area contributed by atoms with Gasteiger partial charge in [0.15, 0.2) is 0 Å². The van der Waals surface area contributed by atoms with E-state index >= 15 is 0 Å². The first-order valence-corrected chi connectivity index (χ1v) is 4.12. The zero-order chi connectivity index (χ0) is 8.97. The molecule has 1 aromatic carbocycles. The van der Waals surface area contributed by atoms with Gasteiger partial charge in [0.2, 0.25) is 0 Å². The first-order chi connectivity index (χ1) is 5.74. The van der Waals surface area contributed by atoms with Crippen molar-refractivity contribution in [1.29, 1.82) is 0 Å². The number of rotatable bonds is 1. The predicted molar refractivity (Wildman–Crippen MR) is 52.1 cm³/mol. The minimum Gasteiger partial charge on any atom is -0.359 e. The van der Waals surface area contributed by atoms with Crippen LogP contribution in [0.15, 0.2) is 18.2 Å². The van der Waals surface area contributed by atoms with Crippen LogP contribution in [0.5, 0.6) is 0 Å². The molecule has 3 heteroatoms. The highest BCUT2D eigenvalue weighted by atomic mass is 35.5. The Morgan fingerprint density at radius 2 is 2.08 bits per heavy atom. The van der Waals surface area contributed by atoms with Gasteiger partial charge in [-0.25, -0.2) is 0 Å². The Balaban J connectivity index is 2.91. The normalized spacial score (nSPS) is 8.83. The van der Waals surface area contributed by atoms with E-state index in [1.807, 2.05) is 6.07 Å². The van der Waals surface area contributed by atoms with Crippen LogP contribution < -0.4 is 5.73 Å². The molecule has 0 aliphatic carbocycles. The fraction of sp³-hybridized carbons (Fsp3) is 0.111. The van der Waals surface area contributed by atoms with Gasteiger partial charge in [-0.3, -0.25) is 0 Å². The van der Waals surface area contributed by atoms with E-state index in [2.05, 4.69) is 12.0 Å². The molecule has 0 atom stereocenters. The Labute approximate surface area is 81.5 Å². The highest BCUT2D eigenvalue weighted by Gasteiger charge is 1.98. The van der Waals surface area contributed by atoms with E-state index in [-0.39, 0.29) is 0 Å². The summed E-state index contributed by atoms with van der Waals surface area (Å²) in [4.78, 5) is 0. The average Bonchev–Trinajstić information content (AvgIpc) is 2.03. The standard InChI is InChI=1S/C9H7Cl2N/c10-8-4-3-7(2-1-5-12)9(11)6-8/h3-4,6H,2,12H2. The molecule has 1 rings (SSSR count). The lowest BCUT2D eigenvalue weighted by Crippen LogP contribution is -1.85. The second-order valence-corrected chi connectivity index (χ2v) is 3.08. The van der Waals surface area contributed by atoms with Crippen molar-refractivity contribution < 1.29 is 0 Å². The van der Waals surface area contributed by atoms with Crippen molar-refractivity contribution in [2.24, 2.45) is 5.73 Å². The molecule has 0 heterocycles. The minimum atomic E-state index is 0.562. The quantitative estimate of drug-likeness (QED) is 0.546. The topological polar surface area (TPSA) is 26.0 Å². The number of hydrogen-bond acceptors (Lipinski definition) is 1. The lowest BCUT2D eigenvalue weighted by molar-refractivity contribution is 1.31. The molecule has 0 unspecified atom stereocenters. The second kappa shape index (κ2) is 4.25. The molecule has 0 amide bonds. The summed E-state index contributed by atoms with van der Waals surface area (Å²) in [5, 5.41) is 1.26. The van der Waals surface area contributed by atoms with Gasteiger partial charge in [-0.15, -0.1) is 0 Å². The summed E-state index contributed by atoms with van der Waals surface area (Å²) < 4.78 is 0. The molecule has 1 nitrogen and oxygen atoms in total. The van der Waals surface area contributed by atoms with Crippen molar-refractivity contribution in [3.05, 3.63) is 33.8 Å². The third-order valence-corrected chi connectivity index (χ3v) is 1.98. The van der Waals surface area contributed by atoms with E-state index in [1.54, 1.807) is 12.1 Å². The van der Waals surface area contributed by atoms with Crippen LogP contribution in [-0.4, -0.2) is 0 Å². The predicted octanol–water partition coefficient (Wildman–Crippen LogP) is 2.46. The van der Waals surface area contributed by atoms with Crippen molar-refractivity contribution in [3.8, 4) is 12.0 Å². The molecule has 0 aromatic heterocycles. The van der Waals surface area contributed by atoms with Gasteiger partial charge >= 0.3 is 0 Å². The van der Waals surface area contributed by atoms with Crippen LogP contribution in [0, 0.1) is 12.0 Å². The third-order valence-electron chi connectivity index (χ3n) is 1.40. The SMILES string of the molecule is NC#CCc1ccc(Cl)cc1Cl. The number of benzene rings is 1. The molecule has 0 spiro atoms. The molecule has 0 bridgehead atoms. The van der Waals surface area contributed by atoms with Gasteiger partial charge in [0.05, 0.1) is 0 Å². The summed E-state index contributed by atoms with van der Waals surface area (Å²) >= 11 is 11.6. The van der Waals surface area contributed by atoms with Gasteiger partial charge < -0.3 is 5.73 Å². The van der Waals surface area contributed by atoms with Gasteiger partial charge in [-0.05, 0) is 17.7 Å². The van der Waals surface area contributed by atoms with Crippen LogP contribution in [-0.2, 0) is 6.42 Å².